The van der Waals surface area contributed by atoms with Crippen LogP contribution < -0.4 is 10.1 Å². The normalized spacial score (nSPS) is 18.9. The molecule has 0 bridgehead atoms. The number of likely N-dealkylation sites (N-methyl/N-ethyl adjacent to an activating group) is 1. The molecule has 19 heavy (non-hydrogen) atoms. The van der Waals surface area contributed by atoms with E-state index in [0.29, 0.717) is 0 Å². The third-order valence-electron chi connectivity index (χ3n) is 3.58. The van der Waals surface area contributed by atoms with E-state index in [-0.39, 0.29) is 11.9 Å². The Kier molecular flexibility index (Phi) is 4.80. The van der Waals surface area contributed by atoms with E-state index in [0.717, 1.165) is 38.2 Å². The number of methoxy groups -OCH3 is 1. The smallest absolute Gasteiger partial charge is 0.239 e. The SMILES string of the molecule is CCNC1CCN(CCc2ccc(OC)cc2)C1=O. The van der Waals surface area contributed by atoms with Gasteiger partial charge in [0.05, 0.1) is 13.2 Å². The lowest BCUT2D eigenvalue weighted by molar-refractivity contribution is -0.129. The molecule has 1 aromatic rings. The number of nitrogens with one attached hydrogen (secondary N) is 1. The van der Waals surface area contributed by atoms with Gasteiger partial charge in [-0.3, -0.25) is 4.79 Å². The summed E-state index contributed by atoms with van der Waals surface area (Å²) >= 11 is 0. The number of ether oxygens (including phenoxy) is 1. The topological polar surface area (TPSA) is 41.6 Å². The highest BCUT2D eigenvalue weighted by molar-refractivity contribution is 5.83. The molecular weight excluding hydrogens is 240 g/mol. The number of benzene rings is 1. The van der Waals surface area contributed by atoms with Crippen molar-refractivity contribution >= 4 is 5.91 Å². The van der Waals surface area contributed by atoms with E-state index < -0.39 is 0 Å². The Morgan fingerprint density at radius 1 is 1.37 bits per heavy atom. The van der Waals surface area contributed by atoms with Crippen molar-refractivity contribution in [2.75, 3.05) is 26.7 Å². The molecule has 2 rings (SSSR count). The summed E-state index contributed by atoms with van der Waals surface area (Å²) in [6.45, 7) is 4.55. The van der Waals surface area contributed by atoms with Gasteiger partial charge in [0.1, 0.15) is 5.75 Å². The van der Waals surface area contributed by atoms with E-state index in [1.165, 1.54) is 5.56 Å². The molecule has 4 heteroatoms. The van der Waals surface area contributed by atoms with E-state index >= 15 is 0 Å². The minimum absolute atomic E-state index is 0.0286. The van der Waals surface area contributed by atoms with Crippen LogP contribution in [-0.4, -0.2) is 43.6 Å². The van der Waals surface area contributed by atoms with E-state index in [4.69, 9.17) is 4.74 Å². The van der Waals surface area contributed by atoms with Gasteiger partial charge in [0.2, 0.25) is 5.91 Å². The Morgan fingerprint density at radius 3 is 2.74 bits per heavy atom. The second kappa shape index (κ2) is 6.57. The molecule has 1 amide bonds. The molecule has 4 nitrogen and oxygen atoms in total. The highest BCUT2D eigenvalue weighted by atomic mass is 16.5. The van der Waals surface area contributed by atoms with Crippen LogP contribution in [0.1, 0.15) is 18.9 Å². The second-order valence-electron chi connectivity index (χ2n) is 4.82. The van der Waals surface area contributed by atoms with Crippen LogP contribution in [0.4, 0.5) is 0 Å². The number of hydrogen-bond donors (Lipinski definition) is 1. The molecule has 1 aliphatic heterocycles. The molecule has 1 aliphatic rings. The van der Waals surface area contributed by atoms with Crippen molar-refractivity contribution in [2.24, 2.45) is 0 Å². The van der Waals surface area contributed by atoms with Gasteiger partial charge in [-0.2, -0.15) is 0 Å². The maximum absolute atomic E-state index is 12.1. The monoisotopic (exact) mass is 262 g/mol. The van der Waals surface area contributed by atoms with E-state index in [9.17, 15) is 4.79 Å². The Morgan fingerprint density at radius 2 is 2.11 bits per heavy atom. The number of nitrogens with zero attached hydrogens (tertiary/aromatic N) is 1. The van der Waals surface area contributed by atoms with Crippen LogP contribution in [0, 0.1) is 0 Å². The predicted octanol–water partition coefficient (Wildman–Crippen LogP) is 1.45. The Labute approximate surface area is 114 Å². The number of carbonyl (C=O) groups is 1. The maximum atomic E-state index is 12.1. The van der Waals surface area contributed by atoms with Crippen LogP contribution >= 0.6 is 0 Å². The first-order chi connectivity index (χ1) is 9.24. The summed E-state index contributed by atoms with van der Waals surface area (Å²) in [7, 11) is 1.67. The minimum atomic E-state index is 0.0286. The van der Waals surface area contributed by atoms with Gasteiger partial charge in [-0.15, -0.1) is 0 Å². The predicted molar refractivity (Wildman–Crippen MR) is 75.4 cm³/mol. The molecule has 1 aromatic carbocycles. The van der Waals surface area contributed by atoms with Gasteiger partial charge >= 0.3 is 0 Å². The zero-order valence-corrected chi connectivity index (χ0v) is 11.7. The van der Waals surface area contributed by atoms with Crippen molar-refractivity contribution in [1.29, 1.82) is 0 Å². The van der Waals surface area contributed by atoms with Crippen LogP contribution in [0.25, 0.3) is 0 Å². The van der Waals surface area contributed by atoms with Crippen molar-refractivity contribution < 1.29 is 9.53 Å². The lowest BCUT2D eigenvalue weighted by Gasteiger charge is -2.17. The fourth-order valence-electron chi connectivity index (χ4n) is 2.45. The Hall–Kier alpha value is -1.55. The minimum Gasteiger partial charge on any atom is -0.497 e. The van der Waals surface area contributed by atoms with E-state index in [2.05, 4.69) is 17.4 Å². The number of hydrogen-bond acceptors (Lipinski definition) is 3. The number of carbonyl (C=O) groups excluding carboxylic acids is 1. The van der Waals surface area contributed by atoms with E-state index in [1.807, 2.05) is 24.0 Å². The molecule has 0 radical (unpaired) electrons. The molecule has 0 aromatic heterocycles. The van der Waals surface area contributed by atoms with Gasteiger partial charge in [-0.25, -0.2) is 0 Å². The first kappa shape index (κ1) is 13.9. The van der Waals surface area contributed by atoms with Crippen molar-refractivity contribution in [3.05, 3.63) is 29.8 Å². The zero-order valence-electron chi connectivity index (χ0n) is 11.7. The highest BCUT2D eigenvalue weighted by Crippen LogP contribution is 2.14. The quantitative estimate of drug-likeness (QED) is 0.843. The lowest BCUT2D eigenvalue weighted by Crippen LogP contribution is -2.38. The average Bonchev–Trinajstić information content (AvgIpc) is 2.79. The van der Waals surface area contributed by atoms with Crippen LogP contribution in [-0.2, 0) is 11.2 Å². The third kappa shape index (κ3) is 3.47. The molecule has 1 heterocycles. The third-order valence-corrected chi connectivity index (χ3v) is 3.58. The fourth-order valence-corrected chi connectivity index (χ4v) is 2.45. The van der Waals surface area contributed by atoms with Crippen LogP contribution in [0.15, 0.2) is 24.3 Å². The highest BCUT2D eigenvalue weighted by Gasteiger charge is 2.30. The summed E-state index contributed by atoms with van der Waals surface area (Å²) in [6, 6.07) is 8.06. The standard InChI is InChI=1S/C15H22N2O2/c1-3-16-14-9-11-17(15(14)18)10-8-12-4-6-13(19-2)7-5-12/h4-7,14,16H,3,8-11H2,1-2H3. The van der Waals surface area contributed by atoms with Crippen LogP contribution in [0.3, 0.4) is 0 Å². The molecule has 0 aliphatic carbocycles. The molecule has 0 spiro atoms. The number of amides is 1. The van der Waals surface area contributed by atoms with E-state index in [1.54, 1.807) is 7.11 Å². The summed E-state index contributed by atoms with van der Waals surface area (Å²) in [5.74, 6) is 1.11. The van der Waals surface area contributed by atoms with Gasteiger partial charge in [0.15, 0.2) is 0 Å². The van der Waals surface area contributed by atoms with Gasteiger partial charge in [0.25, 0.3) is 0 Å². The Balaban J connectivity index is 1.83. The van der Waals surface area contributed by atoms with Crippen molar-refractivity contribution in [3.8, 4) is 5.75 Å². The largest absolute Gasteiger partial charge is 0.497 e. The van der Waals surface area contributed by atoms with Gasteiger partial charge in [-0.05, 0) is 37.1 Å². The first-order valence-corrected chi connectivity index (χ1v) is 6.89. The summed E-state index contributed by atoms with van der Waals surface area (Å²) < 4.78 is 5.13. The van der Waals surface area contributed by atoms with Crippen molar-refractivity contribution in [3.63, 3.8) is 0 Å². The summed E-state index contributed by atoms with van der Waals surface area (Å²) in [6.07, 6.45) is 1.82. The molecule has 1 fully saturated rings. The summed E-state index contributed by atoms with van der Waals surface area (Å²) in [5, 5.41) is 3.23. The van der Waals surface area contributed by atoms with Crippen LogP contribution in [0.5, 0.6) is 5.75 Å². The fraction of sp³-hybridized carbons (Fsp3) is 0.533. The molecular formula is C15H22N2O2. The van der Waals surface area contributed by atoms with Gasteiger partial charge in [0, 0.05) is 13.1 Å². The van der Waals surface area contributed by atoms with Crippen LogP contribution in [0.2, 0.25) is 0 Å². The molecule has 1 saturated heterocycles. The summed E-state index contributed by atoms with van der Waals surface area (Å²) in [4.78, 5) is 14.0. The van der Waals surface area contributed by atoms with Crippen molar-refractivity contribution in [2.45, 2.75) is 25.8 Å². The Bertz CT molecular complexity index is 417. The zero-order chi connectivity index (χ0) is 13.7. The van der Waals surface area contributed by atoms with Gasteiger partial charge < -0.3 is 15.0 Å². The first-order valence-electron chi connectivity index (χ1n) is 6.89. The average molecular weight is 262 g/mol. The second-order valence-corrected chi connectivity index (χ2v) is 4.82. The molecule has 0 saturated carbocycles. The van der Waals surface area contributed by atoms with Gasteiger partial charge in [-0.1, -0.05) is 19.1 Å². The number of likely N-dealkylation sites (tertiary alicyclic amines) is 1. The van der Waals surface area contributed by atoms with Crippen molar-refractivity contribution in [1.82, 2.24) is 10.2 Å². The molecule has 1 atom stereocenters. The summed E-state index contributed by atoms with van der Waals surface area (Å²) in [5.41, 5.74) is 1.24. The number of rotatable bonds is 6. The molecule has 1 N–H and O–H groups in total. The lowest BCUT2D eigenvalue weighted by atomic mass is 10.1. The molecule has 1 unspecified atom stereocenters. The maximum Gasteiger partial charge on any atom is 0.239 e. The molecule has 104 valence electrons.